The maximum absolute atomic E-state index is 3.57. The highest BCUT2D eigenvalue weighted by Gasteiger charge is 2.27. The van der Waals surface area contributed by atoms with Crippen molar-refractivity contribution in [2.75, 3.05) is 19.6 Å². The van der Waals surface area contributed by atoms with Crippen LogP contribution in [-0.4, -0.2) is 36.6 Å². The lowest BCUT2D eigenvalue weighted by Gasteiger charge is -2.41. The summed E-state index contributed by atoms with van der Waals surface area (Å²) in [4.78, 5) is 2.71. The van der Waals surface area contributed by atoms with E-state index in [1.807, 2.05) is 0 Å². The first-order valence-electron chi connectivity index (χ1n) is 7.14. The summed E-state index contributed by atoms with van der Waals surface area (Å²) < 4.78 is 0. The van der Waals surface area contributed by atoms with E-state index in [0.717, 1.165) is 11.8 Å². The van der Waals surface area contributed by atoms with Crippen molar-refractivity contribution in [1.82, 2.24) is 10.2 Å². The second-order valence-corrected chi connectivity index (χ2v) is 6.12. The van der Waals surface area contributed by atoms with Crippen LogP contribution >= 0.6 is 0 Å². The zero-order valence-electron chi connectivity index (χ0n) is 11.2. The second kappa shape index (κ2) is 5.50. The molecule has 16 heavy (non-hydrogen) atoms. The summed E-state index contributed by atoms with van der Waals surface area (Å²) in [5.41, 5.74) is 0. The van der Waals surface area contributed by atoms with Crippen LogP contribution in [0.25, 0.3) is 0 Å². The Bertz CT molecular complexity index is 217. The van der Waals surface area contributed by atoms with Gasteiger partial charge in [-0.3, -0.25) is 4.90 Å². The molecule has 1 saturated carbocycles. The van der Waals surface area contributed by atoms with Crippen molar-refractivity contribution in [3.63, 3.8) is 0 Å². The zero-order valence-corrected chi connectivity index (χ0v) is 11.2. The van der Waals surface area contributed by atoms with Crippen LogP contribution in [-0.2, 0) is 0 Å². The number of nitrogens with zero attached hydrogens (tertiary/aromatic N) is 1. The number of rotatable bonds is 2. The van der Waals surface area contributed by atoms with Gasteiger partial charge in [-0.15, -0.1) is 0 Å². The van der Waals surface area contributed by atoms with Gasteiger partial charge < -0.3 is 5.32 Å². The third-order valence-corrected chi connectivity index (χ3v) is 4.70. The van der Waals surface area contributed by atoms with E-state index in [1.165, 1.54) is 45.3 Å². The second-order valence-electron chi connectivity index (χ2n) is 6.12. The molecule has 2 rings (SSSR count). The molecule has 0 radical (unpaired) electrons. The molecule has 1 saturated heterocycles. The molecule has 0 aromatic rings. The van der Waals surface area contributed by atoms with Crippen molar-refractivity contribution in [3.8, 4) is 0 Å². The molecule has 1 aliphatic carbocycles. The summed E-state index contributed by atoms with van der Waals surface area (Å²) >= 11 is 0. The van der Waals surface area contributed by atoms with E-state index in [9.17, 15) is 0 Å². The molecule has 2 heteroatoms. The van der Waals surface area contributed by atoms with Crippen LogP contribution in [0.3, 0.4) is 0 Å². The van der Waals surface area contributed by atoms with Gasteiger partial charge in [0, 0.05) is 31.7 Å². The van der Waals surface area contributed by atoms with Crippen LogP contribution in [0.5, 0.6) is 0 Å². The first kappa shape index (κ1) is 12.4. The quantitative estimate of drug-likeness (QED) is 0.775. The molecule has 0 amide bonds. The fraction of sp³-hybridized carbons (Fsp3) is 1.00. The molecule has 4 unspecified atom stereocenters. The topological polar surface area (TPSA) is 15.3 Å². The molecule has 1 N–H and O–H groups in total. The minimum absolute atomic E-state index is 0.662. The van der Waals surface area contributed by atoms with E-state index in [-0.39, 0.29) is 0 Å². The molecule has 0 aromatic heterocycles. The Balaban J connectivity index is 1.83. The highest BCUT2D eigenvalue weighted by atomic mass is 15.2. The van der Waals surface area contributed by atoms with Gasteiger partial charge >= 0.3 is 0 Å². The lowest BCUT2D eigenvalue weighted by molar-refractivity contribution is 0.0995. The van der Waals surface area contributed by atoms with Gasteiger partial charge in [-0.1, -0.05) is 19.8 Å². The highest BCUT2D eigenvalue weighted by molar-refractivity contribution is 4.85. The number of hydrogen-bond acceptors (Lipinski definition) is 2. The van der Waals surface area contributed by atoms with Gasteiger partial charge in [-0.25, -0.2) is 0 Å². The Morgan fingerprint density at radius 1 is 1.19 bits per heavy atom. The van der Waals surface area contributed by atoms with Crippen LogP contribution in [0.4, 0.5) is 0 Å². The minimum Gasteiger partial charge on any atom is -0.311 e. The average Bonchev–Trinajstić information content (AvgIpc) is 2.25. The molecule has 2 fully saturated rings. The summed E-state index contributed by atoms with van der Waals surface area (Å²) in [7, 11) is 0. The Labute approximate surface area is 101 Å². The molecule has 0 aromatic carbocycles. The van der Waals surface area contributed by atoms with Crippen LogP contribution in [0.1, 0.15) is 46.5 Å². The van der Waals surface area contributed by atoms with Gasteiger partial charge in [0.15, 0.2) is 0 Å². The van der Waals surface area contributed by atoms with Gasteiger partial charge in [0.25, 0.3) is 0 Å². The maximum atomic E-state index is 3.57. The number of hydrogen-bond donors (Lipinski definition) is 1. The van der Waals surface area contributed by atoms with Crippen LogP contribution in [0.15, 0.2) is 0 Å². The lowest BCUT2D eigenvalue weighted by Crippen LogP contribution is -2.56. The van der Waals surface area contributed by atoms with Crippen LogP contribution in [0.2, 0.25) is 0 Å². The Hall–Kier alpha value is -0.0800. The minimum atomic E-state index is 0.662. The van der Waals surface area contributed by atoms with Crippen molar-refractivity contribution in [2.45, 2.75) is 58.5 Å². The smallest absolute Gasteiger partial charge is 0.0219 e. The Morgan fingerprint density at radius 3 is 2.75 bits per heavy atom. The molecule has 0 spiro atoms. The number of piperazine rings is 1. The van der Waals surface area contributed by atoms with Crippen molar-refractivity contribution in [3.05, 3.63) is 0 Å². The van der Waals surface area contributed by atoms with E-state index < -0.39 is 0 Å². The van der Waals surface area contributed by atoms with E-state index in [4.69, 9.17) is 0 Å². The van der Waals surface area contributed by atoms with Crippen molar-refractivity contribution in [1.29, 1.82) is 0 Å². The summed E-state index contributed by atoms with van der Waals surface area (Å²) in [6.07, 6.45) is 5.85. The Morgan fingerprint density at radius 2 is 2.00 bits per heavy atom. The summed E-state index contributed by atoms with van der Waals surface area (Å²) in [5, 5.41) is 3.57. The highest BCUT2D eigenvalue weighted by Crippen LogP contribution is 2.29. The molecule has 2 nitrogen and oxygen atoms in total. The van der Waals surface area contributed by atoms with E-state index in [1.54, 1.807) is 0 Å². The van der Waals surface area contributed by atoms with Crippen molar-refractivity contribution < 1.29 is 0 Å². The maximum Gasteiger partial charge on any atom is 0.0219 e. The van der Waals surface area contributed by atoms with E-state index in [2.05, 4.69) is 31.0 Å². The lowest BCUT2D eigenvalue weighted by atomic mass is 9.82. The number of nitrogens with one attached hydrogen (secondary N) is 1. The SMILES string of the molecule is CC1CCCC(CN2CCNC(C)C2C)C1. The monoisotopic (exact) mass is 224 g/mol. The van der Waals surface area contributed by atoms with Gasteiger partial charge in [0.1, 0.15) is 0 Å². The van der Waals surface area contributed by atoms with E-state index in [0.29, 0.717) is 12.1 Å². The fourth-order valence-electron chi connectivity index (χ4n) is 3.44. The first-order chi connectivity index (χ1) is 7.66. The van der Waals surface area contributed by atoms with Crippen LogP contribution in [0, 0.1) is 11.8 Å². The Kier molecular flexibility index (Phi) is 4.26. The standard InChI is InChI=1S/C14H28N2/c1-11-5-4-6-14(9-11)10-16-8-7-15-12(2)13(16)3/h11-15H,4-10H2,1-3H3. The average molecular weight is 224 g/mol. The van der Waals surface area contributed by atoms with Gasteiger partial charge in [-0.2, -0.15) is 0 Å². The van der Waals surface area contributed by atoms with Crippen molar-refractivity contribution >= 4 is 0 Å². The molecule has 1 heterocycles. The predicted octanol–water partition coefficient (Wildman–Crippen LogP) is 2.49. The summed E-state index contributed by atoms with van der Waals surface area (Å²) in [6.45, 7) is 10.9. The molecule has 1 aliphatic heterocycles. The van der Waals surface area contributed by atoms with Gasteiger partial charge in [0.05, 0.1) is 0 Å². The third-order valence-electron chi connectivity index (χ3n) is 4.70. The molecular formula is C14H28N2. The first-order valence-corrected chi connectivity index (χ1v) is 7.14. The van der Waals surface area contributed by atoms with Crippen molar-refractivity contribution in [2.24, 2.45) is 11.8 Å². The van der Waals surface area contributed by atoms with Gasteiger partial charge in [-0.05, 0) is 38.5 Å². The van der Waals surface area contributed by atoms with Crippen LogP contribution < -0.4 is 5.32 Å². The molecule has 0 bridgehead atoms. The fourth-order valence-corrected chi connectivity index (χ4v) is 3.44. The zero-order chi connectivity index (χ0) is 11.5. The largest absolute Gasteiger partial charge is 0.311 e. The van der Waals surface area contributed by atoms with E-state index >= 15 is 0 Å². The summed E-state index contributed by atoms with van der Waals surface area (Å²) in [5.74, 6) is 1.94. The molecule has 94 valence electrons. The normalized spacial score (nSPS) is 42.2. The third kappa shape index (κ3) is 2.98. The molecule has 2 aliphatic rings. The summed E-state index contributed by atoms with van der Waals surface area (Å²) in [6, 6.07) is 1.38. The molecular weight excluding hydrogens is 196 g/mol. The molecule has 4 atom stereocenters. The predicted molar refractivity (Wildman–Crippen MR) is 69.6 cm³/mol. The van der Waals surface area contributed by atoms with Gasteiger partial charge in [0.2, 0.25) is 0 Å².